The number of benzene rings is 1. The van der Waals surface area contributed by atoms with Crippen LogP contribution in [0.5, 0.6) is 5.75 Å². The molecule has 5 nitrogen and oxygen atoms in total. The fourth-order valence-electron chi connectivity index (χ4n) is 5.30. The van der Waals surface area contributed by atoms with Gasteiger partial charge in [-0.1, -0.05) is 26.0 Å². The Hall–Kier alpha value is -1.75. The molecule has 4 rings (SSSR count). The summed E-state index contributed by atoms with van der Waals surface area (Å²) in [4.78, 5) is 17.0. The van der Waals surface area contributed by atoms with Gasteiger partial charge < -0.3 is 19.9 Å². The molecule has 1 N–H and O–H groups in total. The second-order valence-corrected chi connectivity index (χ2v) is 10.2. The van der Waals surface area contributed by atoms with Gasteiger partial charge in [0.05, 0.1) is 6.61 Å². The second-order valence-electron chi connectivity index (χ2n) is 10.2. The average molecular weight is 400 g/mol. The first-order chi connectivity index (χ1) is 13.9. The van der Waals surface area contributed by atoms with Crippen LogP contribution in [0.1, 0.15) is 45.6 Å². The van der Waals surface area contributed by atoms with Gasteiger partial charge in [-0.05, 0) is 75.2 Å². The Morgan fingerprint density at radius 1 is 1.28 bits per heavy atom. The van der Waals surface area contributed by atoms with Gasteiger partial charge in [-0.3, -0.25) is 0 Å². The van der Waals surface area contributed by atoms with E-state index in [4.69, 9.17) is 4.74 Å². The summed E-state index contributed by atoms with van der Waals surface area (Å²) in [5, 5.41) is 3.19. The predicted octanol–water partition coefficient (Wildman–Crippen LogP) is 3.98. The minimum Gasteiger partial charge on any atom is -0.493 e. The Kier molecular flexibility index (Phi) is 5.78. The quantitative estimate of drug-likeness (QED) is 0.787. The number of likely N-dealkylation sites (tertiary alicyclic amines) is 1. The van der Waals surface area contributed by atoms with Crippen molar-refractivity contribution in [1.29, 1.82) is 0 Å². The number of amides is 2. The van der Waals surface area contributed by atoms with Crippen molar-refractivity contribution in [2.24, 2.45) is 23.2 Å². The van der Waals surface area contributed by atoms with E-state index in [1.165, 1.54) is 31.4 Å². The zero-order valence-corrected chi connectivity index (χ0v) is 18.5. The molecule has 2 saturated heterocycles. The van der Waals surface area contributed by atoms with E-state index in [0.717, 1.165) is 37.3 Å². The highest BCUT2D eigenvalue weighted by molar-refractivity contribution is 5.75. The maximum Gasteiger partial charge on any atom is 0.317 e. The van der Waals surface area contributed by atoms with Crippen molar-refractivity contribution in [2.45, 2.75) is 52.6 Å². The van der Waals surface area contributed by atoms with Crippen LogP contribution < -0.4 is 10.1 Å². The summed E-state index contributed by atoms with van der Waals surface area (Å²) in [5.41, 5.74) is 1.47. The average Bonchev–Trinajstić information content (AvgIpc) is 3.40. The number of carbonyl (C=O) groups excluding carboxylic acids is 1. The van der Waals surface area contributed by atoms with Gasteiger partial charge in [0.2, 0.25) is 0 Å². The largest absolute Gasteiger partial charge is 0.493 e. The molecule has 2 amide bonds. The maximum atomic E-state index is 12.5. The Labute approximate surface area is 175 Å². The van der Waals surface area contributed by atoms with Gasteiger partial charge in [0, 0.05) is 31.1 Å². The molecule has 29 heavy (non-hydrogen) atoms. The number of nitrogens with one attached hydrogen (secondary N) is 1. The van der Waals surface area contributed by atoms with Crippen LogP contribution in [0, 0.1) is 23.2 Å². The molecule has 2 heterocycles. The molecule has 3 aliphatic rings. The molecule has 2 aliphatic heterocycles. The monoisotopic (exact) mass is 399 g/mol. The van der Waals surface area contributed by atoms with Crippen molar-refractivity contribution in [2.75, 3.05) is 33.3 Å². The summed E-state index contributed by atoms with van der Waals surface area (Å²) < 4.78 is 5.78. The van der Waals surface area contributed by atoms with Crippen LogP contribution in [0.4, 0.5) is 4.79 Å². The molecule has 4 atom stereocenters. The number of carbonyl (C=O) groups is 1. The summed E-state index contributed by atoms with van der Waals surface area (Å²) in [6.45, 7) is 11.0. The lowest BCUT2D eigenvalue weighted by molar-refractivity contribution is 0.114. The van der Waals surface area contributed by atoms with Crippen LogP contribution >= 0.6 is 0 Å². The Morgan fingerprint density at radius 3 is 2.72 bits per heavy atom. The zero-order valence-electron chi connectivity index (χ0n) is 18.5. The lowest BCUT2D eigenvalue weighted by Crippen LogP contribution is -2.52. The molecule has 0 radical (unpaired) electrons. The lowest BCUT2D eigenvalue weighted by atomic mass is 9.83. The van der Waals surface area contributed by atoms with Crippen LogP contribution in [-0.2, 0) is 6.54 Å². The summed E-state index contributed by atoms with van der Waals surface area (Å²) in [5.74, 6) is 3.01. The molecule has 3 fully saturated rings. The number of urea groups is 1. The van der Waals surface area contributed by atoms with Crippen molar-refractivity contribution in [3.63, 3.8) is 0 Å². The Bertz CT molecular complexity index is 719. The highest BCUT2D eigenvalue weighted by Gasteiger charge is 2.60. The minimum absolute atomic E-state index is 0.0816. The number of hydrogen-bond acceptors (Lipinski definition) is 3. The zero-order chi connectivity index (χ0) is 20.6. The molecular weight excluding hydrogens is 362 g/mol. The lowest BCUT2D eigenvalue weighted by Gasteiger charge is -2.39. The standard InChI is InChI=1S/C24H37N3O2/c1-17(2)14-29-21-7-5-19(6-8-21)13-27-16-24(15-25-23(27)28)12-22(24)20-9-10-26(4)18(3)11-20/h5-8,17-18,20,22H,9-16H2,1-4H3,(H,25,28)/t18-,20?,22?,24?/m1/s1. The van der Waals surface area contributed by atoms with E-state index in [2.05, 4.69) is 50.2 Å². The number of piperidine rings is 1. The summed E-state index contributed by atoms with van der Waals surface area (Å²) in [6.07, 6.45) is 3.88. The van der Waals surface area contributed by atoms with Crippen LogP contribution in [0.2, 0.25) is 0 Å². The van der Waals surface area contributed by atoms with E-state index in [-0.39, 0.29) is 6.03 Å². The number of rotatable bonds is 6. The minimum atomic E-state index is 0.0816. The summed E-state index contributed by atoms with van der Waals surface area (Å²) >= 11 is 0. The van der Waals surface area contributed by atoms with E-state index in [1.807, 2.05) is 17.0 Å². The molecule has 3 unspecified atom stereocenters. The normalized spacial score (nSPS) is 32.5. The van der Waals surface area contributed by atoms with E-state index < -0.39 is 0 Å². The predicted molar refractivity (Wildman–Crippen MR) is 116 cm³/mol. The third kappa shape index (κ3) is 4.55. The first-order valence-corrected chi connectivity index (χ1v) is 11.3. The molecule has 1 spiro atoms. The first kappa shape index (κ1) is 20.5. The summed E-state index contributed by atoms with van der Waals surface area (Å²) in [7, 11) is 2.24. The molecule has 1 saturated carbocycles. The van der Waals surface area contributed by atoms with Gasteiger partial charge in [0.15, 0.2) is 0 Å². The molecule has 0 aromatic heterocycles. The van der Waals surface area contributed by atoms with Gasteiger partial charge in [0.1, 0.15) is 5.75 Å². The number of ether oxygens (including phenoxy) is 1. The van der Waals surface area contributed by atoms with Crippen molar-refractivity contribution < 1.29 is 9.53 Å². The molecule has 0 bridgehead atoms. The highest BCUT2D eigenvalue weighted by atomic mass is 16.5. The molecule has 5 heteroatoms. The van der Waals surface area contributed by atoms with Crippen LogP contribution in [-0.4, -0.2) is 55.2 Å². The Morgan fingerprint density at radius 2 is 2.03 bits per heavy atom. The van der Waals surface area contributed by atoms with Crippen LogP contribution in [0.15, 0.2) is 24.3 Å². The highest BCUT2D eigenvalue weighted by Crippen LogP contribution is 2.59. The van der Waals surface area contributed by atoms with Crippen molar-refractivity contribution in [3.05, 3.63) is 29.8 Å². The van der Waals surface area contributed by atoms with Crippen LogP contribution in [0.3, 0.4) is 0 Å². The summed E-state index contributed by atoms with van der Waals surface area (Å²) in [6, 6.07) is 8.99. The number of hydrogen-bond donors (Lipinski definition) is 1. The van der Waals surface area contributed by atoms with E-state index in [0.29, 0.717) is 23.9 Å². The fourth-order valence-corrected chi connectivity index (χ4v) is 5.30. The molecular formula is C24H37N3O2. The third-order valence-electron chi connectivity index (χ3n) is 7.34. The van der Waals surface area contributed by atoms with Gasteiger partial charge in [-0.15, -0.1) is 0 Å². The van der Waals surface area contributed by atoms with Gasteiger partial charge in [-0.2, -0.15) is 0 Å². The second kappa shape index (κ2) is 8.17. The molecule has 1 aliphatic carbocycles. The molecule has 1 aromatic rings. The van der Waals surface area contributed by atoms with Gasteiger partial charge in [0.25, 0.3) is 0 Å². The van der Waals surface area contributed by atoms with Crippen LogP contribution in [0.25, 0.3) is 0 Å². The Balaban J connectivity index is 1.35. The van der Waals surface area contributed by atoms with E-state index >= 15 is 0 Å². The number of nitrogens with zero attached hydrogens (tertiary/aromatic N) is 2. The third-order valence-corrected chi connectivity index (χ3v) is 7.34. The first-order valence-electron chi connectivity index (χ1n) is 11.3. The van der Waals surface area contributed by atoms with Crippen molar-refractivity contribution >= 4 is 6.03 Å². The molecule has 160 valence electrons. The van der Waals surface area contributed by atoms with E-state index in [1.54, 1.807) is 0 Å². The molecule has 1 aromatic carbocycles. The van der Waals surface area contributed by atoms with Crippen molar-refractivity contribution in [1.82, 2.24) is 15.1 Å². The van der Waals surface area contributed by atoms with Gasteiger partial charge in [-0.25, -0.2) is 4.79 Å². The van der Waals surface area contributed by atoms with E-state index in [9.17, 15) is 4.79 Å². The maximum absolute atomic E-state index is 12.5. The van der Waals surface area contributed by atoms with Gasteiger partial charge >= 0.3 is 6.03 Å². The smallest absolute Gasteiger partial charge is 0.317 e. The van der Waals surface area contributed by atoms with Crippen molar-refractivity contribution in [3.8, 4) is 5.75 Å². The fraction of sp³-hybridized carbons (Fsp3) is 0.708. The topological polar surface area (TPSA) is 44.8 Å². The SMILES string of the molecule is CC(C)COc1ccc(CN2CC3(CNC2=O)CC3C2CCN(C)[C@H](C)C2)cc1.